The monoisotopic (exact) mass is 868 g/mol. The lowest BCUT2D eigenvalue weighted by Gasteiger charge is -2.27. The van der Waals surface area contributed by atoms with Crippen molar-refractivity contribution in [1.82, 2.24) is 0 Å². The van der Waals surface area contributed by atoms with Gasteiger partial charge >= 0.3 is 0 Å². The van der Waals surface area contributed by atoms with E-state index in [9.17, 15) is 0 Å². The van der Waals surface area contributed by atoms with Gasteiger partial charge in [0, 0.05) is 55.1 Å². The Hall–Kier alpha value is -8.06. The van der Waals surface area contributed by atoms with Gasteiger partial charge in [-0.1, -0.05) is 127 Å². The lowest BCUT2D eigenvalue weighted by molar-refractivity contribution is 0.668. The first-order valence-electron chi connectivity index (χ1n) is 22.6. The van der Waals surface area contributed by atoms with Gasteiger partial charge in [0.1, 0.15) is 22.3 Å². The molecule has 0 unspecified atom stereocenters. The number of furan rings is 3. The Labute approximate surface area is 382 Å². The molecule has 0 bridgehead atoms. The van der Waals surface area contributed by atoms with E-state index >= 15 is 0 Å². The number of anilines is 6. The molecule has 0 spiro atoms. The molecule has 3 aromatic heterocycles. The van der Waals surface area contributed by atoms with E-state index in [1.807, 2.05) is 24.3 Å². The fourth-order valence-electron chi connectivity index (χ4n) is 9.99. The lowest BCUT2D eigenvalue weighted by atomic mass is 10.0. The molecule has 5 nitrogen and oxygen atoms in total. The predicted octanol–water partition coefficient (Wildman–Crippen LogP) is 17.5. The van der Waals surface area contributed by atoms with Crippen molar-refractivity contribution in [2.75, 3.05) is 9.80 Å². The van der Waals surface area contributed by atoms with E-state index in [1.165, 1.54) is 10.8 Å². The number of fused-ring (bicyclic) bond motifs is 11. The second kappa shape index (κ2) is 14.5. The molecular weight excluding hydrogens is 825 g/mol. The number of nitrogens with zero attached hydrogens (tertiary/aromatic N) is 2. The van der Waals surface area contributed by atoms with Gasteiger partial charge in [-0.05, 0) is 126 Å². The maximum atomic E-state index is 6.80. The molecule has 13 aromatic rings. The van der Waals surface area contributed by atoms with Gasteiger partial charge < -0.3 is 23.1 Å². The fraction of sp³-hybridized carbons (Fsp3) is 0.0667. The van der Waals surface area contributed by atoms with E-state index in [4.69, 9.17) is 13.3 Å². The number of para-hydroxylation sites is 4. The highest BCUT2D eigenvalue weighted by Gasteiger charge is 2.23. The van der Waals surface area contributed by atoms with E-state index in [0.717, 1.165) is 121 Å². The van der Waals surface area contributed by atoms with Crippen molar-refractivity contribution >= 4 is 135 Å². The van der Waals surface area contributed by atoms with Gasteiger partial charge in [-0.15, -0.1) is 0 Å². The van der Waals surface area contributed by atoms with E-state index in [0.29, 0.717) is 0 Å². The second-order valence-corrected chi connectivity index (χ2v) is 23.7. The van der Waals surface area contributed by atoms with Crippen LogP contribution in [0, 0.1) is 6.92 Å². The molecule has 0 atom stereocenters. The Kier molecular flexibility index (Phi) is 8.42. The van der Waals surface area contributed by atoms with Crippen molar-refractivity contribution in [1.29, 1.82) is 0 Å². The molecule has 6 heteroatoms. The third-order valence-electron chi connectivity index (χ3n) is 13.4. The van der Waals surface area contributed by atoms with Crippen molar-refractivity contribution in [2.24, 2.45) is 0 Å². The largest absolute Gasteiger partial charge is 0.456 e. The summed E-state index contributed by atoms with van der Waals surface area (Å²) in [6.45, 7) is 9.30. The van der Waals surface area contributed by atoms with Crippen LogP contribution in [0.4, 0.5) is 34.1 Å². The van der Waals surface area contributed by atoms with Crippen molar-refractivity contribution in [3.63, 3.8) is 0 Å². The summed E-state index contributed by atoms with van der Waals surface area (Å²) in [5, 5.41) is 12.5. The first-order chi connectivity index (χ1) is 32.2. The molecule has 0 saturated carbocycles. The van der Waals surface area contributed by atoms with Crippen molar-refractivity contribution in [3.8, 4) is 0 Å². The van der Waals surface area contributed by atoms with Gasteiger partial charge in [-0.3, -0.25) is 0 Å². The second-order valence-electron chi connectivity index (χ2n) is 18.7. The molecule has 0 N–H and O–H groups in total. The molecule has 0 saturated heterocycles. The highest BCUT2D eigenvalue weighted by atomic mass is 28.3. The van der Waals surface area contributed by atoms with Crippen molar-refractivity contribution in [3.05, 3.63) is 200 Å². The molecule has 10 aromatic carbocycles. The molecule has 0 amide bonds. The molecule has 0 aliphatic carbocycles. The van der Waals surface area contributed by atoms with Crippen LogP contribution in [0.2, 0.25) is 19.6 Å². The maximum Gasteiger partial charge on any atom is 0.159 e. The van der Waals surface area contributed by atoms with Crippen LogP contribution in [0.15, 0.2) is 207 Å². The minimum atomic E-state index is -1.51. The topological polar surface area (TPSA) is 45.9 Å². The van der Waals surface area contributed by atoms with Gasteiger partial charge in [-0.2, -0.15) is 0 Å². The third kappa shape index (κ3) is 6.13. The highest BCUT2D eigenvalue weighted by Crippen LogP contribution is 2.46. The smallest absolute Gasteiger partial charge is 0.159 e. The number of rotatable bonds is 7. The Morgan fingerprint density at radius 1 is 0.333 bits per heavy atom. The third-order valence-corrected chi connectivity index (χ3v) is 15.5. The van der Waals surface area contributed by atoms with E-state index in [2.05, 4.69) is 206 Å². The minimum absolute atomic E-state index is 0.854. The van der Waals surface area contributed by atoms with Gasteiger partial charge in [0.25, 0.3) is 0 Å². The summed E-state index contributed by atoms with van der Waals surface area (Å²) < 4.78 is 20.0. The predicted molar refractivity (Wildman–Crippen MR) is 280 cm³/mol. The average molecular weight is 869 g/mol. The van der Waals surface area contributed by atoms with Crippen LogP contribution in [0.1, 0.15) is 5.56 Å². The van der Waals surface area contributed by atoms with Gasteiger partial charge in [0.15, 0.2) is 11.2 Å². The highest BCUT2D eigenvalue weighted by molar-refractivity contribution is 6.88. The summed E-state index contributed by atoms with van der Waals surface area (Å²) in [6.07, 6.45) is 0. The molecule has 13 rings (SSSR count). The molecule has 66 heavy (non-hydrogen) atoms. The van der Waals surface area contributed by atoms with Crippen LogP contribution in [-0.4, -0.2) is 8.07 Å². The van der Waals surface area contributed by atoms with Gasteiger partial charge in [0.2, 0.25) is 0 Å². The zero-order valence-electron chi connectivity index (χ0n) is 37.1. The van der Waals surface area contributed by atoms with Crippen LogP contribution in [0.25, 0.3) is 87.4 Å². The number of hydrogen-bond acceptors (Lipinski definition) is 5. The number of benzene rings is 10. The van der Waals surface area contributed by atoms with Gasteiger partial charge in [0.05, 0.1) is 19.4 Å². The zero-order valence-corrected chi connectivity index (χ0v) is 38.1. The molecule has 0 aliphatic heterocycles. The minimum Gasteiger partial charge on any atom is -0.456 e. The summed E-state index contributed by atoms with van der Waals surface area (Å²) in [6, 6.07) is 69.6. The maximum absolute atomic E-state index is 6.80. The van der Waals surface area contributed by atoms with Crippen molar-refractivity contribution in [2.45, 2.75) is 26.6 Å². The van der Waals surface area contributed by atoms with Crippen LogP contribution >= 0.6 is 0 Å². The Morgan fingerprint density at radius 3 is 1.26 bits per heavy atom. The van der Waals surface area contributed by atoms with Crippen LogP contribution in [0.3, 0.4) is 0 Å². The molecule has 316 valence electrons. The summed E-state index contributed by atoms with van der Waals surface area (Å²) in [7, 11) is -1.51. The first kappa shape index (κ1) is 38.4. The average Bonchev–Trinajstić information content (AvgIpc) is 4.02. The van der Waals surface area contributed by atoms with Crippen LogP contribution < -0.4 is 15.0 Å². The number of hydrogen-bond donors (Lipinski definition) is 0. The Balaban J connectivity index is 0.939. The summed E-state index contributed by atoms with van der Waals surface area (Å²) in [5.74, 6) is 0. The quantitative estimate of drug-likeness (QED) is 0.149. The zero-order chi connectivity index (χ0) is 44.3. The van der Waals surface area contributed by atoms with Crippen LogP contribution in [0.5, 0.6) is 0 Å². The molecule has 0 aliphatic rings. The number of aryl methyl sites for hydroxylation is 1. The molecular formula is C60H44N2O3Si. The van der Waals surface area contributed by atoms with Crippen molar-refractivity contribution < 1.29 is 13.3 Å². The molecule has 0 radical (unpaired) electrons. The molecule has 0 fully saturated rings. The Morgan fingerprint density at radius 2 is 0.773 bits per heavy atom. The SMILES string of the molecule is Cc1ccc(N(c2ccc3cc4c(cc3c2)oc2cc3cc(N(c5ccc([Si](C)(C)C)cc5)c5cccc6c5oc5ccccc56)ccc3cc24)c2cccc3c2oc2ccccc23)cc1. The van der Waals surface area contributed by atoms with E-state index in [1.54, 1.807) is 0 Å². The normalized spacial score (nSPS) is 12.2. The summed E-state index contributed by atoms with van der Waals surface area (Å²) in [4.78, 5) is 4.63. The first-order valence-corrected chi connectivity index (χ1v) is 26.1. The van der Waals surface area contributed by atoms with E-state index in [-0.39, 0.29) is 0 Å². The molecule has 3 heterocycles. The van der Waals surface area contributed by atoms with Gasteiger partial charge in [-0.25, -0.2) is 0 Å². The van der Waals surface area contributed by atoms with E-state index < -0.39 is 8.07 Å². The fourth-order valence-corrected chi connectivity index (χ4v) is 11.2. The summed E-state index contributed by atoms with van der Waals surface area (Å²) >= 11 is 0. The summed E-state index contributed by atoms with van der Waals surface area (Å²) in [5.41, 5.74) is 12.6. The standard InChI is InChI=1S/C60H44N2O3Si/c1-37-19-23-42(24-20-37)61(53-15-9-13-49-47-11-5-7-17-55(47)64-59(49)53)44-25-21-38-33-51-52-34-39-22-26-45(32-41(39)36-58(52)63-57(51)35-40(38)31-44)62(43-27-29-46(30-28-43)66(2,3)4)54-16-10-14-50-48-12-6-8-18-56(48)65-60(50)54/h5-36H,1-4H3. The Bertz CT molecular complexity index is 4060. The lowest BCUT2D eigenvalue weighted by Crippen LogP contribution is -2.37. The van der Waals surface area contributed by atoms with Crippen LogP contribution in [-0.2, 0) is 0 Å².